The molecule has 5 aromatic rings. The fourth-order valence-electron chi connectivity index (χ4n) is 3.91. The van der Waals surface area contributed by atoms with E-state index in [-0.39, 0.29) is 0 Å². The predicted molar refractivity (Wildman–Crippen MR) is 123 cm³/mol. The van der Waals surface area contributed by atoms with Gasteiger partial charge in [-0.3, -0.25) is 22.9 Å². The van der Waals surface area contributed by atoms with Crippen molar-refractivity contribution in [2.75, 3.05) is 0 Å². The molecule has 0 saturated heterocycles. The van der Waals surface area contributed by atoms with Crippen LogP contribution in [0.4, 0.5) is 0 Å². The lowest BCUT2D eigenvalue weighted by atomic mass is 10.1. The molecule has 0 radical (unpaired) electrons. The third kappa shape index (κ3) is 2.77. The van der Waals surface area contributed by atoms with E-state index in [2.05, 4.69) is 0 Å². The van der Waals surface area contributed by atoms with E-state index in [4.69, 9.17) is 28.2 Å². The lowest BCUT2D eigenvalue weighted by Gasteiger charge is -2.13. The van der Waals surface area contributed by atoms with Gasteiger partial charge in [-0.15, -0.1) is 0 Å². The SMILES string of the molecule is Cc1ccccc1-n1c(-c2ccc(Cl)cc2Cl)cn2c3c(=O)n(C)c(=O)n(C)c3nc12. The Morgan fingerprint density at radius 3 is 2.42 bits per heavy atom. The molecule has 0 atom stereocenters. The van der Waals surface area contributed by atoms with E-state index in [1.54, 1.807) is 23.6 Å². The van der Waals surface area contributed by atoms with E-state index >= 15 is 0 Å². The summed E-state index contributed by atoms with van der Waals surface area (Å²) in [7, 11) is 3.06. The first-order valence-electron chi connectivity index (χ1n) is 9.50. The Bertz CT molecular complexity index is 1640. The molecule has 3 aromatic heterocycles. The van der Waals surface area contributed by atoms with Gasteiger partial charge in [-0.25, -0.2) is 4.79 Å². The van der Waals surface area contributed by atoms with Crippen LogP contribution in [0.3, 0.4) is 0 Å². The first-order chi connectivity index (χ1) is 14.8. The van der Waals surface area contributed by atoms with Crippen molar-refractivity contribution in [3.8, 4) is 16.9 Å². The minimum absolute atomic E-state index is 0.318. The number of hydrogen-bond donors (Lipinski definition) is 0. The van der Waals surface area contributed by atoms with Crippen molar-refractivity contribution in [2.24, 2.45) is 14.1 Å². The largest absolute Gasteiger partial charge is 0.332 e. The highest BCUT2D eigenvalue weighted by atomic mass is 35.5. The highest BCUT2D eigenvalue weighted by Gasteiger charge is 2.23. The molecule has 2 aromatic carbocycles. The molecule has 0 spiro atoms. The number of aryl methyl sites for hydroxylation is 2. The summed E-state index contributed by atoms with van der Waals surface area (Å²) in [5.74, 6) is 0.503. The molecule has 31 heavy (non-hydrogen) atoms. The van der Waals surface area contributed by atoms with Gasteiger partial charge in [-0.05, 0) is 36.8 Å². The van der Waals surface area contributed by atoms with Crippen molar-refractivity contribution in [3.63, 3.8) is 0 Å². The number of fused-ring (bicyclic) bond motifs is 3. The number of rotatable bonds is 2. The van der Waals surface area contributed by atoms with Crippen LogP contribution in [0.15, 0.2) is 58.3 Å². The van der Waals surface area contributed by atoms with Crippen LogP contribution >= 0.6 is 23.2 Å². The summed E-state index contributed by atoms with van der Waals surface area (Å²) in [6.45, 7) is 2.00. The minimum Gasteiger partial charge on any atom is -0.279 e. The van der Waals surface area contributed by atoms with Crippen molar-refractivity contribution in [2.45, 2.75) is 6.92 Å². The zero-order chi connectivity index (χ0) is 22.0. The normalized spacial score (nSPS) is 11.6. The van der Waals surface area contributed by atoms with Gasteiger partial charge in [-0.2, -0.15) is 4.98 Å². The van der Waals surface area contributed by atoms with Crippen molar-refractivity contribution in [3.05, 3.63) is 85.1 Å². The van der Waals surface area contributed by atoms with Crippen LogP contribution in [-0.2, 0) is 14.1 Å². The van der Waals surface area contributed by atoms with Crippen molar-refractivity contribution in [1.82, 2.24) is 23.1 Å². The second-order valence-electron chi connectivity index (χ2n) is 7.42. The smallest absolute Gasteiger partial charge is 0.279 e. The third-order valence-electron chi connectivity index (χ3n) is 5.53. The molecule has 0 bridgehead atoms. The van der Waals surface area contributed by atoms with Crippen LogP contribution in [-0.4, -0.2) is 23.1 Å². The van der Waals surface area contributed by atoms with E-state index in [1.165, 1.54) is 11.6 Å². The van der Waals surface area contributed by atoms with E-state index in [9.17, 15) is 9.59 Å². The van der Waals surface area contributed by atoms with Gasteiger partial charge in [-0.1, -0.05) is 41.4 Å². The van der Waals surface area contributed by atoms with Gasteiger partial charge in [0.05, 0.1) is 16.4 Å². The average molecular weight is 454 g/mol. The molecule has 9 heteroatoms. The van der Waals surface area contributed by atoms with Crippen molar-refractivity contribution in [1.29, 1.82) is 0 Å². The molecule has 0 N–H and O–H groups in total. The maximum Gasteiger partial charge on any atom is 0.332 e. The summed E-state index contributed by atoms with van der Waals surface area (Å²) < 4.78 is 6.11. The van der Waals surface area contributed by atoms with Crippen LogP contribution in [0.25, 0.3) is 33.9 Å². The zero-order valence-electron chi connectivity index (χ0n) is 16.9. The van der Waals surface area contributed by atoms with Gasteiger partial charge >= 0.3 is 5.69 Å². The van der Waals surface area contributed by atoms with Crippen LogP contribution in [0.5, 0.6) is 0 Å². The standard InChI is InChI=1S/C22H17Cl2N5O2/c1-12-6-4-5-7-16(12)29-17(14-9-8-13(23)10-15(14)24)11-28-18-19(25-21(28)29)26(2)22(31)27(3)20(18)30/h4-11H,1-3H3. The van der Waals surface area contributed by atoms with Crippen LogP contribution < -0.4 is 11.2 Å². The number of aromatic nitrogens is 5. The molecule has 0 amide bonds. The summed E-state index contributed by atoms with van der Waals surface area (Å²) in [6.07, 6.45) is 1.82. The molecule has 3 heterocycles. The Morgan fingerprint density at radius 2 is 1.71 bits per heavy atom. The second kappa shape index (κ2) is 6.87. The molecule has 0 unspecified atom stereocenters. The van der Waals surface area contributed by atoms with Gasteiger partial charge in [0, 0.05) is 30.9 Å². The fourth-order valence-corrected chi connectivity index (χ4v) is 4.42. The van der Waals surface area contributed by atoms with E-state index < -0.39 is 11.2 Å². The Labute approximate surface area is 186 Å². The number of imidazole rings is 2. The fraction of sp³-hybridized carbons (Fsp3) is 0.136. The highest BCUT2D eigenvalue weighted by Crippen LogP contribution is 2.35. The molecule has 7 nitrogen and oxygen atoms in total. The number of halogens is 2. The third-order valence-corrected chi connectivity index (χ3v) is 6.08. The molecule has 0 aliphatic heterocycles. The Balaban J connectivity index is 2.01. The van der Waals surface area contributed by atoms with Gasteiger partial charge in [0.2, 0.25) is 5.78 Å². The van der Waals surface area contributed by atoms with E-state index in [0.717, 1.165) is 27.1 Å². The molecule has 5 rings (SSSR count). The number of para-hydroxylation sites is 1. The molecule has 0 aliphatic carbocycles. The van der Waals surface area contributed by atoms with Crippen molar-refractivity contribution < 1.29 is 0 Å². The first kappa shape index (κ1) is 19.7. The van der Waals surface area contributed by atoms with E-state index in [1.807, 2.05) is 48.0 Å². The quantitative estimate of drug-likeness (QED) is 0.406. The monoisotopic (exact) mass is 453 g/mol. The summed E-state index contributed by atoms with van der Waals surface area (Å²) >= 11 is 12.6. The average Bonchev–Trinajstić information content (AvgIpc) is 3.27. The first-order valence-corrected chi connectivity index (χ1v) is 10.3. The Kier molecular flexibility index (Phi) is 4.35. The van der Waals surface area contributed by atoms with Gasteiger partial charge in [0.1, 0.15) is 0 Å². The summed E-state index contributed by atoms with van der Waals surface area (Å²) in [5, 5.41) is 1.01. The van der Waals surface area contributed by atoms with Crippen LogP contribution in [0, 0.1) is 6.92 Å². The second-order valence-corrected chi connectivity index (χ2v) is 8.26. The summed E-state index contributed by atoms with van der Waals surface area (Å²) in [6, 6.07) is 13.1. The molecule has 0 aliphatic rings. The molecular weight excluding hydrogens is 437 g/mol. The van der Waals surface area contributed by atoms with Gasteiger partial charge < -0.3 is 0 Å². The molecule has 156 valence electrons. The molecule has 0 fully saturated rings. The number of hydrogen-bond acceptors (Lipinski definition) is 3. The maximum absolute atomic E-state index is 13.0. The molecular formula is C22H17Cl2N5O2. The van der Waals surface area contributed by atoms with Crippen LogP contribution in [0.1, 0.15) is 5.56 Å². The lowest BCUT2D eigenvalue weighted by molar-refractivity contribution is 0.708. The maximum atomic E-state index is 13.0. The van der Waals surface area contributed by atoms with Gasteiger partial charge in [0.25, 0.3) is 5.56 Å². The Hall–Kier alpha value is -3.29. The molecule has 0 saturated carbocycles. The minimum atomic E-state index is -0.429. The summed E-state index contributed by atoms with van der Waals surface area (Å²) in [5.41, 5.74) is 3.18. The van der Waals surface area contributed by atoms with Crippen molar-refractivity contribution >= 4 is 40.1 Å². The Morgan fingerprint density at radius 1 is 0.968 bits per heavy atom. The summed E-state index contributed by atoms with van der Waals surface area (Å²) in [4.78, 5) is 30.1. The lowest BCUT2D eigenvalue weighted by Crippen LogP contribution is -2.37. The van der Waals surface area contributed by atoms with E-state index in [0.29, 0.717) is 27.0 Å². The van der Waals surface area contributed by atoms with Crippen LogP contribution in [0.2, 0.25) is 10.0 Å². The topological polar surface area (TPSA) is 66.2 Å². The van der Waals surface area contributed by atoms with Gasteiger partial charge in [0.15, 0.2) is 11.2 Å². The predicted octanol–water partition coefficient (Wildman–Crippen LogP) is 3.96. The number of benzene rings is 2. The number of nitrogens with zero attached hydrogens (tertiary/aromatic N) is 5. The zero-order valence-corrected chi connectivity index (χ0v) is 18.4. The highest BCUT2D eigenvalue weighted by molar-refractivity contribution is 6.36.